The Bertz CT molecular complexity index is 527. The summed E-state index contributed by atoms with van der Waals surface area (Å²) < 4.78 is 6.30. The number of ether oxygens (including phenoxy) is 1. The molecule has 0 bridgehead atoms. The van der Waals surface area contributed by atoms with Crippen LogP contribution in [0.1, 0.15) is 11.1 Å². The Balaban J connectivity index is 1.78. The topological polar surface area (TPSA) is 21.3 Å². The smallest absolute Gasteiger partial charge is 0.0587 e. The van der Waals surface area contributed by atoms with Crippen LogP contribution in [0.2, 0.25) is 0 Å². The van der Waals surface area contributed by atoms with Crippen molar-refractivity contribution in [3.63, 3.8) is 0 Å². The molecule has 0 amide bonds. The summed E-state index contributed by atoms with van der Waals surface area (Å²) in [5.41, 5.74) is 2.68. The summed E-state index contributed by atoms with van der Waals surface area (Å²) >= 11 is 4.21. The monoisotopic (exact) mass is 413 g/mol. The predicted molar refractivity (Wildman–Crippen MR) is 98.7 cm³/mol. The third kappa shape index (κ3) is 6.38. The van der Waals surface area contributed by atoms with Gasteiger partial charge in [0.15, 0.2) is 0 Å². The lowest BCUT2D eigenvalue weighted by Crippen LogP contribution is -2.18. The van der Waals surface area contributed by atoms with Crippen molar-refractivity contribution in [2.45, 2.75) is 17.2 Å². The number of nitrogens with one attached hydrogen (secondary N) is 1. The highest BCUT2D eigenvalue weighted by Gasteiger charge is 1.98. The van der Waals surface area contributed by atoms with Crippen LogP contribution in [0.4, 0.5) is 0 Å². The van der Waals surface area contributed by atoms with Crippen LogP contribution in [0.3, 0.4) is 0 Å². The van der Waals surface area contributed by atoms with Gasteiger partial charge in [0, 0.05) is 34.4 Å². The molecule has 0 saturated carbocycles. The number of rotatable bonds is 8. The SMILES string of the molecule is COCCNCc1ccc(SCc2ccc(I)cc2)cc1. The van der Waals surface area contributed by atoms with E-state index in [1.165, 1.54) is 19.6 Å². The van der Waals surface area contributed by atoms with Crippen LogP contribution in [-0.2, 0) is 17.0 Å². The summed E-state index contributed by atoms with van der Waals surface area (Å²) in [5, 5.41) is 3.35. The normalized spacial score (nSPS) is 10.8. The summed E-state index contributed by atoms with van der Waals surface area (Å²) in [5.74, 6) is 1.02. The molecule has 1 N–H and O–H groups in total. The van der Waals surface area contributed by atoms with Gasteiger partial charge < -0.3 is 10.1 Å². The Morgan fingerprint density at radius 3 is 2.33 bits per heavy atom. The molecule has 0 aliphatic rings. The van der Waals surface area contributed by atoms with E-state index >= 15 is 0 Å². The van der Waals surface area contributed by atoms with Crippen LogP contribution in [0, 0.1) is 3.57 Å². The zero-order chi connectivity index (χ0) is 14.9. The lowest BCUT2D eigenvalue weighted by atomic mass is 10.2. The molecule has 0 heterocycles. The first kappa shape index (κ1) is 16.8. The van der Waals surface area contributed by atoms with Crippen molar-refractivity contribution in [2.75, 3.05) is 20.3 Å². The fourth-order valence-corrected chi connectivity index (χ4v) is 3.07. The minimum absolute atomic E-state index is 0.754. The molecule has 2 nitrogen and oxygen atoms in total. The van der Waals surface area contributed by atoms with Gasteiger partial charge in [-0.15, -0.1) is 11.8 Å². The minimum Gasteiger partial charge on any atom is -0.383 e. The number of hydrogen-bond acceptors (Lipinski definition) is 3. The van der Waals surface area contributed by atoms with Crippen molar-refractivity contribution in [1.82, 2.24) is 5.32 Å². The summed E-state index contributed by atoms with van der Waals surface area (Å²) in [6.45, 7) is 2.54. The van der Waals surface area contributed by atoms with Crippen LogP contribution >= 0.6 is 34.4 Å². The van der Waals surface area contributed by atoms with E-state index in [2.05, 4.69) is 76.4 Å². The zero-order valence-corrected chi connectivity index (χ0v) is 15.1. The van der Waals surface area contributed by atoms with Gasteiger partial charge >= 0.3 is 0 Å². The molecule has 0 fully saturated rings. The summed E-state index contributed by atoms with van der Waals surface area (Å²) in [7, 11) is 1.72. The van der Waals surface area contributed by atoms with Crippen molar-refractivity contribution >= 4 is 34.4 Å². The van der Waals surface area contributed by atoms with Gasteiger partial charge in [-0.05, 0) is 58.0 Å². The van der Waals surface area contributed by atoms with Gasteiger partial charge in [-0.1, -0.05) is 24.3 Å². The van der Waals surface area contributed by atoms with Crippen LogP contribution in [-0.4, -0.2) is 20.3 Å². The second kappa shape index (κ2) is 9.46. The molecule has 0 aliphatic carbocycles. The van der Waals surface area contributed by atoms with Gasteiger partial charge in [-0.3, -0.25) is 0 Å². The fourth-order valence-electron chi connectivity index (χ4n) is 1.86. The van der Waals surface area contributed by atoms with E-state index in [1.54, 1.807) is 7.11 Å². The Kier molecular flexibility index (Phi) is 7.57. The predicted octanol–water partition coefficient (Wildman–Crippen LogP) is 4.32. The average Bonchev–Trinajstić information content (AvgIpc) is 2.52. The second-order valence-electron chi connectivity index (χ2n) is 4.73. The second-order valence-corrected chi connectivity index (χ2v) is 7.02. The third-order valence-electron chi connectivity index (χ3n) is 3.05. The average molecular weight is 413 g/mol. The number of methoxy groups -OCH3 is 1. The van der Waals surface area contributed by atoms with Crippen LogP contribution < -0.4 is 5.32 Å². The first-order valence-electron chi connectivity index (χ1n) is 6.94. The van der Waals surface area contributed by atoms with Crippen molar-refractivity contribution in [2.24, 2.45) is 0 Å². The molecule has 2 aromatic carbocycles. The maximum absolute atomic E-state index is 5.01. The van der Waals surface area contributed by atoms with E-state index in [9.17, 15) is 0 Å². The van der Waals surface area contributed by atoms with Gasteiger partial charge in [0.05, 0.1) is 6.61 Å². The molecule has 0 saturated heterocycles. The van der Waals surface area contributed by atoms with E-state index in [4.69, 9.17) is 4.74 Å². The minimum atomic E-state index is 0.754. The van der Waals surface area contributed by atoms with Crippen LogP contribution in [0.25, 0.3) is 0 Å². The highest BCUT2D eigenvalue weighted by Crippen LogP contribution is 2.23. The molecule has 0 spiro atoms. The van der Waals surface area contributed by atoms with Gasteiger partial charge in [-0.2, -0.15) is 0 Å². The first-order chi connectivity index (χ1) is 10.3. The molecule has 0 radical (unpaired) electrons. The molecule has 2 aromatic rings. The maximum Gasteiger partial charge on any atom is 0.0587 e. The Morgan fingerprint density at radius 2 is 1.67 bits per heavy atom. The summed E-state index contributed by atoms with van der Waals surface area (Å²) in [4.78, 5) is 1.31. The highest BCUT2D eigenvalue weighted by atomic mass is 127. The Hall–Kier alpha value is -0.560. The van der Waals surface area contributed by atoms with Gasteiger partial charge in [0.1, 0.15) is 0 Å². The molecular weight excluding hydrogens is 393 g/mol. The molecule has 0 unspecified atom stereocenters. The van der Waals surface area contributed by atoms with E-state index in [0.717, 1.165) is 25.4 Å². The summed E-state index contributed by atoms with van der Waals surface area (Å²) in [6, 6.07) is 17.5. The largest absolute Gasteiger partial charge is 0.383 e. The first-order valence-corrected chi connectivity index (χ1v) is 9.00. The van der Waals surface area contributed by atoms with Crippen molar-refractivity contribution in [3.05, 3.63) is 63.2 Å². The molecule has 0 aromatic heterocycles. The Morgan fingerprint density at radius 1 is 1.00 bits per heavy atom. The van der Waals surface area contributed by atoms with E-state index < -0.39 is 0 Å². The van der Waals surface area contributed by atoms with Crippen LogP contribution in [0.15, 0.2) is 53.4 Å². The van der Waals surface area contributed by atoms with E-state index in [-0.39, 0.29) is 0 Å². The highest BCUT2D eigenvalue weighted by molar-refractivity contribution is 14.1. The molecule has 0 atom stereocenters. The van der Waals surface area contributed by atoms with E-state index in [1.807, 2.05) is 11.8 Å². The van der Waals surface area contributed by atoms with Gasteiger partial charge in [0.25, 0.3) is 0 Å². The summed E-state index contributed by atoms with van der Waals surface area (Å²) in [6.07, 6.45) is 0. The molecule has 21 heavy (non-hydrogen) atoms. The molecule has 2 rings (SSSR count). The lowest BCUT2D eigenvalue weighted by Gasteiger charge is -2.06. The van der Waals surface area contributed by atoms with Gasteiger partial charge in [0.2, 0.25) is 0 Å². The molecule has 4 heteroatoms. The fraction of sp³-hybridized carbons (Fsp3) is 0.294. The number of halogens is 1. The van der Waals surface area contributed by atoms with E-state index in [0.29, 0.717) is 0 Å². The van der Waals surface area contributed by atoms with Crippen molar-refractivity contribution < 1.29 is 4.74 Å². The quantitative estimate of drug-likeness (QED) is 0.396. The third-order valence-corrected chi connectivity index (χ3v) is 4.86. The zero-order valence-electron chi connectivity index (χ0n) is 12.1. The molecular formula is C17H20INOS. The molecule has 112 valence electrons. The lowest BCUT2D eigenvalue weighted by molar-refractivity contribution is 0.199. The Labute approximate surface area is 144 Å². The van der Waals surface area contributed by atoms with Crippen LogP contribution in [0.5, 0.6) is 0 Å². The number of hydrogen-bond donors (Lipinski definition) is 1. The van der Waals surface area contributed by atoms with Crippen molar-refractivity contribution in [3.8, 4) is 0 Å². The van der Waals surface area contributed by atoms with Gasteiger partial charge in [-0.25, -0.2) is 0 Å². The van der Waals surface area contributed by atoms with Crippen molar-refractivity contribution in [1.29, 1.82) is 0 Å². The number of thioether (sulfide) groups is 1. The number of benzene rings is 2. The standard InChI is InChI=1S/C17H20INOS/c1-20-11-10-19-12-14-4-8-17(9-5-14)21-13-15-2-6-16(18)7-3-15/h2-9,19H,10-13H2,1H3. The molecule has 0 aliphatic heterocycles. The maximum atomic E-state index is 5.01.